The predicted molar refractivity (Wildman–Crippen MR) is 82.7 cm³/mol. The van der Waals surface area contributed by atoms with Gasteiger partial charge in [0, 0.05) is 6.54 Å². The Morgan fingerprint density at radius 2 is 2.27 bits per heavy atom. The monoisotopic (exact) mass is 301 g/mol. The number of hydrogen-bond acceptors (Lipinski definition) is 4. The number of H-pyrrole nitrogens is 1. The zero-order chi connectivity index (χ0) is 15.4. The standard InChI is InChI=1S/C16H19N3O3/c20-15(18-8-6-11-5-7-17-10-11)12-3-4-13(19-16(12)21)14-2-1-9-22-14/h1-4,9,11,17H,5-8,10H2,(H,18,20)(H,19,21). The van der Waals surface area contributed by atoms with E-state index in [0.29, 0.717) is 23.9 Å². The fraction of sp³-hybridized carbons (Fsp3) is 0.375. The van der Waals surface area contributed by atoms with Crippen LogP contribution in [-0.2, 0) is 0 Å². The Labute approximate surface area is 127 Å². The maximum Gasteiger partial charge on any atom is 0.261 e. The zero-order valence-corrected chi connectivity index (χ0v) is 12.2. The van der Waals surface area contributed by atoms with Gasteiger partial charge in [0.25, 0.3) is 11.5 Å². The first-order chi connectivity index (χ1) is 10.7. The molecule has 1 amide bonds. The molecule has 0 saturated carbocycles. The van der Waals surface area contributed by atoms with E-state index in [1.54, 1.807) is 18.2 Å². The van der Waals surface area contributed by atoms with Crippen LogP contribution in [0.1, 0.15) is 23.2 Å². The van der Waals surface area contributed by atoms with Crippen LogP contribution < -0.4 is 16.2 Å². The normalized spacial score (nSPS) is 17.5. The molecular weight excluding hydrogens is 282 g/mol. The van der Waals surface area contributed by atoms with Crippen molar-refractivity contribution in [2.45, 2.75) is 12.8 Å². The molecule has 2 aromatic rings. The van der Waals surface area contributed by atoms with Crippen LogP contribution in [0.5, 0.6) is 0 Å². The lowest BCUT2D eigenvalue weighted by Crippen LogP contribution is -2.31. The van der Waals surface area contributed by atoms with E-state index in [9.17, 15) is 9.59 Å². The van der Waals surface area contributed by atoms with Crippen LogP contribution in [0.4, 0.5) is 0 Å². The molecule has 0 aliphatic carbocycles. The number of aromatic amines is 1. The van der Waals surface area contributed by atoms with Crippen molar-refractivity contribution in [1.82, 2.24) is 15.6 Å². The molecule has 0 aromatic carbocycles. The van der Waals surface area contributed by atoms with Crippen LogP contribution in [0.15, 0.2) is 39.7 Å². The molecular formula is C16H19N3O3. The first-order valence-corrected chi connectivity index (χ1v) is 7.50. The molecule has 1 unspecified atom stereocenters. The summed E-state index contributed by atoms with van der Waals surface area (Å²) in [5.41, 5.74) is 0.275. The number of pyridine rings is 1. The van der Waals surface area contributed by atoms with E-state index < -0.39 is 5.56 Å². The Hall–Kier alpha value is -2.34. The molecule has 0 bridgehead atoms. The smallest absolute Gasteiger partial charge is 0.261 e. The van der Waals surface area contributed by atoms with Crippen molar-refractivity contribution < 1.29 is 9.21 Å². The van der Waals surface area contributed by atoms with Crippen LogP contribution >= 0.6 is 0 Å². The minimum absolute atomic E-state index is 0.125. The van der Waals surface area contributed by atoms with Gasteiger partial charge in [-0.25, -0.2) is 0 Å². The van der Waals surface area contributed by atoms with Gasteiger partial charge in [-0.1, -0.05) is 0 Å². The lowest BCUT2D eigenvalue weighted by atomic mass is 10.1. The third kappa shape index (κ3) is 3.28. The molecule has 1 aliphatic rings. The second-order valence-corrected chi connectivity index (χ2v) is 5.50. The summed E-state index contributed by atoms with van der Waals surface area (Å²) in [6.45, 7) is 2.64. The van der Waals surface area contributed by atoms with Crippen molar-refractivity contribution in [2.24, 2.45) is 5.92 Å². The molecule has 3 heterocycles. The second kappa shape index (κ2) is 6.62. The van der Waals surface area contributed by atoms with Crippen molar-refractivity contribution in [1.29, 1.82) is 0 Å². The van der Waals surface area contributed by atoms with Gasteiger partial charge in [-0.3, -0.25) is 9.59 Å². The first kappa shape index (κ1) is 14.6. The number of furan rings is 1. The minimum Gasteiger partial charge on any atom is -0.463 e. The van der Waals surface area contributed by atoms with Gasteiger partial charge in [0.05, 0.1) is 12.0 Å². The summed E-state index contributed by atoms with van der Waals surface area (Å²) >= 11 is 0. The number of aromatic nitrogens is 1. The van der Waals surface area contributed by atoms with Gasteiger partial charge >= 0.3 is 0 Å². The Kier molecular flexibility index (Phi) is 4.39. The summed E-state index contributed by atoms with van der Waals surface area (Å²) in [5, 5.41) is 6.10. The molecule has 3 N–H and O–H groups in total. The number of nitrogens with one attached hydrogen (secondary N) is 3. The Balaban J connectivity index is 1.61. The molecule has 1 atom stereocenters. The summed E-state index contributed by atoms with van der Waals surface area (Å²) in [7, 11) is 0. The number of amides is 1. The van der Waals surface area contributed by atoms with Crippen LogP contribution in [0.3, 0.4) is 0 Å². The number of hydrogen-bond donors (Lipinski definition) is 3. The fourth-order valence-electron chi connectivity index (χ4n) is 2.67. The van der Waals surface area contributed by atoms with Crippen molar-refractivity contribution in [3.63, 3.8) is 0 Å². The molecule has 1 saturated heterocycles. The van der Waals surface area contributed by atoms with Crippen LogP contribution in [-0.4, -0.2) is 30.5 Å². The third-order valence-electron chi connectivity index (χ3n) is 3.94. The topological polar surface area (TPSA) is 87.1 Å². The third-order valence-corrected chi connectivity index (χ3v) is 3.94. The lowest BCUT2D eigenvalue weighted by Gasteiger charge is -2.09. The van der Waals surface area contributed by atoms with E-state index in [4.69, 9.17) is 4.42 Å². The molecule has 116 valence electrons. The van der Waals surface area contributed by atoms with Gasteiger partial charge in [-0.15, -0.1) is 0 Å². The zero-order valence-electron chi connectivity index (χ0n) is 12.2. The quantitative estimate of drug-likeness (QED) is 0.778. The highest BCUT2D eigenvalue weighted by Crippen LogP contribution is 2.15. The molecule has 0 radical (unpaired) electrons. The van der Waals surface area contributed by atoms with Crippen LogP contribution in [0.25, 0.3) is 11.5 Å². The molecule has 1 fully saturated rings. The maximum atomic E-state index is 12.1. The average molecular weight is 301 g/mol. The van der Waals surface area contributed by atoms with E-state index in [1.165, 1.54) is 12.3 Å². The second-order valence-electron chi connectivity index (χ2n) is 5.50. The fourth-order valence-corrected chi connectivity index (χ4v) is 2.67. The van der Waals surface area contributed by atoms with E-state index in [1.807, 2.05) is 0 Å². The largest absolute Gasteiger partial charge is 0.463 e. The van der Waals surface area contributed by atoms with Gasteiger partial charge in [-0.2, -0.15) is 0 Å². The predicted octanol–water partition coefficient (Wildman–Crippen LogP) is 1.36. The summed E-state index contributed by atoms with van der Waals surface area (Å²) in [6.07, 6.45) is 3.61. The highest BCUT2D eigenvalue weighted by Gasteiger charge is 2.16. The van der Waals surface area contributed by atoms with Crippen LogP contribution in [0.2, 0.25) is 0 Å². The van der Waals surface area contributed by atoms with Crippen molar-refractivity contribution in [2.75, 3.05) is 19.6 Å². The maximum absolute atomic E-state index is 12.1. The Morgan fingerprint density at radius 1 is 1.36 bits per heavy atom. The van der Waals surface area contributed by atoms with Gasteiger partial charge in [-0.05, 0) is 56.1 Å². The molecule has 22 heavy (non-hydrogen) atoms. The van der Waals surface area contributed by atoms with Crippen molar-refractivity contribution in [3.8, 4) is 11.5 Å². The molecule has 0 spiro atoms. The van der Waals surface area contributed by atoms with E-state index >= 15 is 0 Å². The Bertz CT molecular complexity index is 685. The average Bonchev–Trinajstić information content (AvgIpc) is 3.20. The highest BCUT2D eigenvalue weighted by molar-refractivity contribution is 5.93. The summed E-state index contributed by atoms with van der Waals surface area (Å²) < 4.78 is 5.22. The number of carbonyl (C=O) groups is 1. The van der Waals surface area contributed by atoms with Gasteiger partial charge in [0.1, 0.15) is 11.3 Å². The van der Waals surface area contributed by atoms with Crippen LogP contribution in [0, 0.1) is 5.92 Å². The minimum atomic E-state index is -0.408. The molecule has 1 aliphatic heterocycles. The van der Waals surface area contributed by atoms with Gasteiger partial charge < -0.3 is 20.0 Å². The van der Waals surface area contributed by atoms with Gasteiger partial charge in [0.15, 0.2) is 0 Å². The first-order valence-electron chi connectivity index (χ1n) is 7.50. The Morgan fingerprint density at radius 3 is 2.95 bits per heavy atom. The number of rotatable bonds is 5. The lowest BCUT2D eigenvalue weighted by molar-refractivity contribution is 0.0950. The summed E-state index contributed by atoms with van der Waals surface area (Å²) in [4.78, 5) is 26.8. The van der Waals surface area contributed by atoms with E-state index in [2.05, 4.69) is 15.6 Å². The molecule has 6 nitrogen and oxygen atoms in total. The number of carbonyl (C=O) groups excluding carboxylic acids is 1. The SMILES string of the molecule is O=C(NCCC1CCNC1)c1ccc(-c2ccco2)[nH]c1=O. The summed E-state index contributed by atoms with van der Waals surface area (Å²) in [5.74, 6) is 0.843. The van der Waals surface area contributed by atoms with Crippen molar-refractivity contribution in [3.05, 3.63) is 46.4 Å². The van der Waals surface area contributed by atoms with E-state index in [-0.39, 0.29) is 11.5 Å². The van der Waals surface area contributed by atoms with Crippen molar-refractivity contribution >= 4 is 5.91 Å². The molecule has 2 aromatic heterocycles. The molecule has 3 rings (SSSR count). The highest BCUT2D eigenvalue weighted by atomic mass is 16.3. The van der Waals surface area contributed by atoms with Gasteiger partial charge in [0.2, 0.25) is 0 Å². The summed E-state index contributed by atoms with van der Waals surface area (Å²) in [6, 6.07) is 6.70. The van der Waals surface area contributed by atoms with E-state index in [0.717, 1.165) is 25.9 Å². The molecule has 6 heteroatoms.